The average Bonchev–Trinajstić information content (AvgIpc) is 3.45. The number of nitrogens with zero attached hydrogens (tertiary/aromatic N) is 2. The normalized spacial score (nSPS) is 14.0. The number of primary amides is 1. The minimum Gasteiger partial charge on any atom is -0.480 e. The fourth-order valence-corrected chi connectivity index (χ4v) is 3.48. The van der Waals surface area contributed by atoms with Crippen molar-refractivity contribution in [2.24, 2.45) is 27.9 Å². The van der Waals surface area contributed by atoms with Crippen molar-refractivity contribution in [3.63, 3.8) is 0 Å². The Morgan fingerprint density at radius 3 is 2.11 bits per heavy atom. The van der Waals surface area contributed by atoms with Gasteiger partial charge in [0.15, 0.2) is 5.96 Å². The molecular formula is C24H40N12O8. The van der Waals surface area contributed by atoms with Crippen LogP contribution in [0.2, 0.25) is 0 Å². The molecule has 20 heteroatoms. The van der Waals surface area contributed by atoms with Crippen LogP contribution >= 0.6 is 0 Å². The Labute approximate surface area is 251 Å². The monoisotopic (exact) mass is 624 g/mol. The molecule has 0 spiro atoms. The van der Waals surface area contributed by atoms with Crippen LogP contribution in [0.1, 0.15) is 38.8 Å². The smallest absolute Gasteiger partial charge is 0.325 e. The molecule has 1 rings (SSSR count). The summed E-state index contributed by atoms with van der Waals surface area (Å²) in [7, 11) is 0. The molecule has 0 bridgehead atoms. The van der Waals surface area contributed by atoms with Crippen molar-refractivity contribution in [3.05, 3.63) is 18.2 Å². The zero-order chi connectivity index (χ0) is 33.4. The van der Waals surface area contributed by atoms with Gasteiger partial charge in [0.25, 0.3) is 0 Å². The molecule has 15 N–H and O–H groups in total. The molecule has 0 aliphatic heterocycles. The predicted molar refractivity (Wildman–Crippen MR) is 154 cm³/mol. The van der Waals surface area contributed by atoms with E-state index in [1.165, 1.54) is 26.4 Å². The van der Waals surface area contributed by atoms with E-state index in [1.807, 2.05) is 0 Å². The third-order valence-corrected chi connectivity index (χ3v) is 5.88. The predicted octanol–water partition coefficient (Wildman–Crippen LogP) is -5.61. The number of H-pyrrole nitrogens is 1. The number of nitrogens with two attached hydrogens (primary N) is 4. The van der Waals surface area contributed by atoms with E-state index in [9.17, 15) is 33.6 Å². The number of aromatic nitrogens is 2. The molecule has 5 atom stereocenters. The number of carbonyl (C=O) groups is 7. The van der Waals surface area contributed by atoms with E-state index in [2.05, 4.69) is 41.5 Å². The largest absolute Gasteiger partial charge is 0.480 e. The van der Waals surface area contributed by atoms with E-state index in [1.54, 1.807) is 0 Å². The third-order valence-electron chi connectivity index (χ3n) is 5.88. The molecule has 244 valence electrons. The second-order valence-electron chi connectivity index (χ2n) is 9.70. The number of hydrogen-bond acceptors (Lipinski definition) is 10. The van der Waals surface area contributed by atoms with Crippen LogP contribution in [0.5, 0.6) is 0 Å². The van der Waals surface area contributed by atoms with Crippen LogP contribution in [0.3, 0.4) is 0 Å². The molecule has 1 aromatic rings. The van der Waals surface area contributed by atoms with Crippen molar-refractivity contribution in [3.8, 4) is 0 Å². The lowest BCUT2D eigenvalue weighted by Crippen LogP contribution is -2.58. The van der Waals surface area contributed by atoms with Crippen LogP contribution in [0, 0.1) is 0 Å². The highest BCUT2D eigenvalue weighted by Gasteiger charge is 2.30. The maximum Gasteiger partial charge on any atom is 0.325 e. The average molecular weight is 625 g/mol. The number of aliphatic carboxylic acids is 1. The van der Waals surface area contributed by atoms with E-state index in [-0.39, 0.29) is 25.3 Å². The van der Waals surface area contributed by atoms with E-state index in [0.29, 0.717) is 12.1 Å². The Morgan fingerprint density at radius 1 is 0.909 bits per heavy atom. The quantitative estimate of drug-likeness (QED) is 0.0390. The maximum absolute atomic E-state index is 12.9. The number of nitrogens with one attached hydrogen (secondary N) is 6. The molecule has 6 amide bonds. The van der Waals surface area contributed by atoms with Crippen LogP contribution in [-0.2, 0) is 40.0 Å². The van der Waals surface area contributed by atoms with Gasteiger partial charge >= 0.3 is 5.97 Å². The van der Waals surface area contributed by atoms with Crippen molar-refractivity contribution < 1.29 is 38.7 Å². The van der Waals surface area contributed by atoms with E-state index < -0.39 is 84.6 Å². The molecule has 0 aliphatic rings. The number of carboxylic acid groups (broad SMARTS) is 1. The summed E-state index contributed by atoms with van der Waals surface area (Å²) in [5, 5.41) is 20.7. The molecule has 20 nitrogen and oxygen atoms in total. The van der Waals surface area contributed by atoms with Gasteiger partial charge in [0.2, 0.25) is 35.4 Å². The van der Waals surface area contributed by atoms with Crippen molar-refractivity contribution in [2.75, 3.05) is 13.1 Å². The van der Waals surface area contributed by atoms with Crippen molar-refractivity contribution in [2.45, 2.75) is 69.7 Å². The van der Waals surface area contributed by atoms with Crippen LogP contribution in [0.4, 0.5) is 0 Å². The van der Waals surface area contributed by atoms with E-state index in [0.717, 1.165) is 0 Å². The first-order chi connectivity index (χ1) is 20.6. The Balaban J connectivity index is 2.77. The van der Waals surface area contributed by atoms with Gasteiger partial charge in [0, 0.05) is 24.9 Å². The lowest BCUT2D eigenvalue weighted by molar-refractivity contribution is -0.141. The Bertz CT molecular complexity index is 1200. The van der Waals surface area contributed by atoms with Crippen LogP contribution in [0.15, 0.2) is 17.5 Å². The van der Waals surface area contributed by atoms with Gasteiger partial charge in [0.1, 0.15) is 24.2 Å². The molecule has 0 saturated carbocycles. The zero-order valence-electron chi connectivity index (χ0n) is 24.3. The highest BCUT2D eigenvalue weighted by molar-refractivity contribution is 5.97. The summed E-state index contributed by atoms with van der Waals surface area (Å²) < 4.78 is 0. The Kier molecular flexibility index (Phi) is 15.3. The van der Waals surface area contributed by atoms with Crippen LogP contribution in [-0.4, -0.2) is 106 Å². The number of aliphatic imine (C=N–C) groups is 1. The number of imidazole rings is 1. The van der Waals surface area contributed by atoms with Gasteiger partial charge in [-0.15, -0.1) is 0 Å². The maximum atomic E-state index is 12.9. The zero-order valence-corrected chi connectivity index (χ0v) is 24.3. The van der Waals surface area contributed by atoms with Crippen molar-refractivity contribution >= 4 is 47.4 Å². The molecular weight excluding hydrogens is 584 g/mol. The Morgan fingerprint density at radius 2 is 1.55 bits per heavy atom. The number of rotatable bonds is 19. The lowest BCUT2D eigenvalue weighted by Gasteiger charge is -2.23. The second-order valence-corrected chi connectivity index (χ2v) is 9.70. The number of amides is 6. The highest BCUT2D eigenvalue weighted by Crippen LogP contribution is 2.02. The summed E-state index contributed by atoms with van der Waals surface area (Å²) >= 11 is 0. The summed E-state index contributed by atoms with van der Waals surface area (Å²) in [5.41, 5.74) is 21.9. The molecule has 1 heterocycles. The first kappa shape index (κ1) is 36.8. The number of hydrogen-bond donors (Lipinski definition) is 11. The molecule has 0 aliphatic carbocycles. The van der Waals surface area contributed by atoms with E-state index >= 15 is 0 Å². The van der Waals surface area contributed by atoms with Gasteiger partial charge in [-0.1, -0.05) is 0 Å². The molecule has 0 fully saturated rings. The number of carboxylic acids is 1. The second kappa shape index (κ2) is 18.3. The fourth-order valence-electron chi connectivity index (χ4n) is 3.48. The Hall–Kier alpha value is -5.27. The molecule has 0 radical (unpaired) electrons. The van der Waals surface area contributed by atoms with Gasteiger partial charge in [-0.2, -0.15) is 0 Å². The first-order valence-corrected chi connectivity index (χ1v) is 13.4. The summed E-state index contributed by atoms with van der Waals surface area (Å²) in [5.74, 6) is -6.47. The SMILES string of the molecule is C[C@H](NC(=O)[C@H](Cc1cnc[nH]1)NC(=O)[C@H](C)NC(=O)[C@@H](CC(N)=O)NC(=O)CNC(=O)[C@H](N)CCCN=C(N)N)C(=O)O. The number of carbonyl (C=O) groups excluding carboxylic acids is 6. The summed E-state index contributed by atoms with van der Waals surface area (Å²) in [6.45, 7) is 2.18. The highest BCUT2D eigenvalue weighted by atomic mass is 16.4. The summed E-state index contributed by atoms with van der Waals surface area (Å²) in [6, 6.07) is -6.28. The molecule has 44 heavy (non-hydrogen) atoms. The van der Waals surface area contributed by atoms with Gasteiger partial charge in [-0.3, -0.25) is 38.6 Å². The fraction of sp³-hybridized carbons (Fsp3) is 0.542. The summed E-state index contributed by atoms with van der Waals surface area (Å²) in [6.07, 6.45) is 2.65. The van der Waals surface area contributed by atoms with Gasteiger partial charge < -0.3 is 59.6 Å². The van der Waals surface area contributed by atoms with Gasteiger partial charge in [-0.05, 0) is 26.7 Å². The van der Waals surface area contributed by atoms with Gasteiger partial charge in [0.05, 0.1) is 25.3 Å². The molecule has 0 aromatic carbocycles. The minimum absolute atomic E-state index is 0.0867. The number of aromatic amines is 1. The standard InChI is InChI=1S/C24H40N12O8/c1-11(19(39)36-15(6-13-8-29-10-32-13)21(41)34-12(2)23(43)44)33-22(42)16(7-17(26)37)35-18(38)9-31-20(40)14(25)4-3-5-30-24(27)28/h8,10-12,14-16H,3-7,9,25H2,1-2H3,(H2,26,37)(H,29,32)(H,31,40)(H,33,42)(H,34,41)(H,35,38)(H,36,39)(H,43,44)(H4,27,28,30)/t11-,12-,14+,15-,16+/m0/s1. The molecule has 1 aromatic heterocycles. The topological polar surface area (TPSA) is 345 Å². The summed E-state index contributed by atoms with van der Waals surface area (Å²) in [4.78, 5) is 96.1. The minimum atomic E-state index is -1.51. The third kappa shape index (κ3) is 14.1. The molecule has 0 saturated heterocycles. The van der Waals surface area contributed by atoms with Crippen LogP contribution < -0.4 is 49.5 Å². The van der Waals surface area contributed by atoms with E-state index in [4.69, 9.17) is 28.0 Å². The lowest BCUT2D eigenvalue weighted by atomic mass is 10.1. The van der Waals surface area contributed by atoms with Crippen LogP contribution in [0.25, 0.3) is 0 Å². The van der Waals surface area contributed by atoms with Crippen molar-refractivity contribution in [1.82, 2.24) is 36.6 Å². The molecule has 0 unspecified atom stereocenters. The van der Waals surface area contributed by atoms with Gasteiger partial charge in [-0.25, -0.2) is 4.98 Å². The van der Waals surface area contributed by atoms with Crippen molar-refractivity contribution in [1.29, 1.82) is 0 Å². The number of guanidine groups is 1. The first-order valence-electron chi connectivity index (χ1n) is 13.4.